The molecule has 1 amide bonds. The summed E-state index contributed by atoms with van der Waals surface area (Å²) in [5, 5.41) is 2.91. The van der Waals surface area contributed by atoms with Crippen LogP contribution in [0, 0.1) is 0 Å². The molecule has 0 radical (unpaired) electrons. The van der Waals surface area contributed by atoms with Crippen molar-refractivity contribution in [3.8, 4) is 0 Å². The summed E-state index contributed by atoms with van der Waals surface area (Å²) >= 11 is 0. The molecule has 2 aromatic carbocycles. The van der Waals surface area contributed by atoms with Gasteiger partial charge in [-0.2, -0.15) is 0 Å². The van der Waals surface area contributed by atoms with Crippen LogP contribution < -0.4 is 10.0 Å². The first-order chi connectivity index (χ1) is 13.9. The fourth-order valence-electron chi connectivity index (χ4n) is 3.36. The number of likely N-dealkylation sites (tertiary alicyclic amines) is 1. The van der Waals surface area contributed by atoms with E-state index in [9.17, 15) is 13.2 Å². The van der Waals surface area contributed by atoms with Gasteiger partial charge in [-0.25, -0.2) is 8.42 Å². The molecule has 0 aromatic heterocycles. The molecule has 3 rings (SSSR count). The van der Waals surface area contributed by atoms with Crippen LogP contribution in [-0.2, 0) is 23.1 Å². The fourth-order valence-corrected chi connectivity index (χ4v) is 4.00. The van der Waals surface area contributed by atoms with Gasteiger partial charge in [0.05, 0.1) is 5.75 Å². The molecule has 29 heavy (non-hydrogen) atoms. The Morgan fingerprint density at radius 2 is 1.55 bits per heavy atom. The Labute approximate surface area is 173 Å². The molecule has 156 valence electrons. The highest BCUT2D eigenvalue weighted by Gasteiger charge is 2.11. The number of hydrogen-bond acceptors (Lipinski definition) is 4. The number of nitrogens with zero attached hydrogens (tertiary/aromatic N) is 1. The van der Waals surface area contributed by atoms with Gasteiger partial charge in [0, 0.05) is 24.3 Å². The maximum absolute atomic E-state index is 12.3. The zero-order chi connectivity index (χ0) is 20.7. The van der Waals surface area contributed by atoms with E-state index in [1.54, 1.807) is 31.2 Å². The standard InChI is InChI=1S/C22H29N3O3S/c1-2-29(27,28)24-21-12-10-20(11-13-21)22(26)23-16-18-6-8-19(9-7-18)17-25-14-4-3-5-15-25/h6-13,24H,2-5,14-17H2,1H3,(H,23,26). The molecule has 0 aliphatic carbocycles. The maximum atomic E-state index is 12.3. The predicted molar refractivity (Wildman–Crippen MR) is 116 cm³/mol. The minimum atomic E-state index is -3.32. The summed E-state index contributed by atoms with van der Waals surface area (Å²) in [6.07, 6.45) is 3.91. The van der Waals surface area contributed by atoms with Gasteiger partial charge in [0.1, 0.15) is 0 Å². The van der Waals surface area contributed by atoms with E-state index in [4.69, 9.17) is 0 Å². The Morgan fingerprint density at radius 1 is 0.931 bits per heavy atom. The van der Waals surface area contributed by atoms with Crippen molar-refractivity contribution in [2.45, 2.75) is 39.3 Å². The number of carbonyl (C=O) groups excluding carboxylic acids is 1. The topological polar surface area (TPSA) is 78.5 Å². The number of piperidine rings is 1. The Hall–Kier alpha value is -2.38. The van der Waals surface area contributed by atoms with Crippen LogP contribution in [0.15, 0.2) is 48.5 Å². The summed E-state index contributed by atoms with van der Waals surface area (Å²) in [4.78, 5) is 14.8. The van der Waals surface area contributed by atoms with Gasteiger partial charge in [-0.1, -0.05) is 30.7 Å². The predicted octanol–water partition coefficient (Wildman–Crippen LogP) is 3.36. The van der Waals surface area contributed by atoms with E-state index in [-0.39, 0.29) is 11.7 Å². The Bertz CT molecular complexity index is 903. The lowest BCUT2D eigenvalue weighted by Crippen LogP contribution is -2.29. The molecule has 1 aliphatic rings. The van der Waals surface area contributed by atoms with Crippen molar-refractivity contribution in [1.29, 1.82) is 0 Å². The smallest absolute Gasteiger partial charge is 0.251 e. The van der Waals surface area contributed by atoms with Crippen LogP contribution in [0.2, 0.25) is 0 Å². The average Bonchev–Trinajstić information content (AvgIpc) is 2.74. The lowest BCUT2D eigenvalue weighted by atomic mass is 10.1. The van der Waals surface area contributed by atoms with Gasteiger partial charge in [0.25, 0.3) is 5.91 Å². The van der Waals surface area contributed by atoms with E-state index in [1.165, 1.54) is 37.9 Å². The van der Waals surface area contributed by atoms with Crippen molar-refractivity contribution in [3.63, 3.8) is 0 Å². The van der Waals surface area contributed by atoms with E-state index in [2.05, 4.69) is 39.2 Å². The van der Waals surface area contributed by atoms with Crippen LogP contribution in [0.5, 0.6) is 0 Å². The molecule has 7 heteroatoms. The van der Waals surface area contributed by atoms with Crippen molar-refractivity contribution in [2.75, 3.05) is 23.6 Å². The zero-order valence-electron chi connectivity index (χ0n) is 16.9. The van der Waals surface area contributed by atoms with Gasteiger partial charge in [0.15, 0.2) is 0 Å². The van der Waals surface area contributed by atoms with Gasteiger partial charge >= 0.3 is 0 Å². The third kappa shape index (κ3) is 6.58. The van der Waals surface area contributed by atoms with Crippen molar-refractivity contribution < 1.29 is 13.2 Å². The molecule has 1 saturated heterocycles. The molecule has 1 heterocycles. The lowest BCUT2D eigenvalue weighted by molar-refractivity contribution is 0.0951. The van der Waals surface area contributed by atoms with Crippen molar-refractivity contribution in [1.82, 2.24) is 10.2 Å². The summed E-state index contributed by atoms with van der Waals surface area (Å²) < 4.78 is 25.6. The maximum Gasteiger partial charge on any atom is 0.251 e. The van der Waals surface area contributed by atoms with Crippen molar-refractivity contribution in [3.05, 3.63) is 65.2 Å². The van der Waals surface area contributed by atoms with Gasteiger partial charge in [-0.15, -0.1) is 0 Å². The number of carbonyl (C=O) groups is 1. The molecule has 0 spiro atoms. The molecule has 0 saturated carbocycles. The summed E-state index contributed by atoms with van der Waals surface area (Å²) in [6.45, 7) is 5.37. The second-order valence-corrected chi connectivity index (χ2v) is 9.43. The van der Waals surface area contributed by atoms with Gasteiger partial charge < -0.3 is 5.32 Å². The van der Waals surface area contributed by atoms with E-state index in [1.807, 2.05) is 0 Å². The number of amides is 1. The first kappa shape index (κ1) is 21.3. The first-order valence-corrected chi connectivity index (χ1v) is 11.8. The Kier molecular flexibility index (Phi) is 7.28. The van der Waals surface area contributed by atoms with Gasteiger partial charge in [0.2, 0.25) is 10.0 Å². The highest BCUT2D eigenvalue weighted by Crippen LogP contribution is 2.14. The molecule has 1 fully saturated rings. The molecule has 2 N–H and O–H groups in total. The number of benzene rings is 2. The van der Waals surface area contributed by atoms with Crippen molar-refractivity contribution in [2.24, 2.45) is 0 Å². The normalized spacial score (nSPS) is 15.1. The number of sulfonamides is 1. The minimum Gasteiger partial charge on any atom is -0.348 e. The van der Waals surface area contributed by atoms with Crippen LogP contribution in [0.3, 0.4) is 0 Å². The summed E-state index contributed by atoms with van der Waals surface area (Å²) in [5.41, 5.74) is 3.29. The molecule has 6 nitrogen and oxygen atoms in total. The van der Waals surface area contributed by atoms with E-state index < -0.39 is 10.0 Å². The van der Waals surface area contributed by atoms with E-state index in [0.29, 0.717) is 17.8 Å². The van der Waals surface area contributed by atoms with E-state index >= 15 is 0 Å². The van der Waals surface area contributed by atoms with Crippen LogP contribution in [0.4, 0.5) is 5.69 Å². The van der Waals surface area contributed by atoms with E-state index in [0.717, 1.165) is 12.1 Å². The zero-order valence-corrected chi connectivity index (χ0v) is 17.7. The molecular formula is C22H29N3O3S. The molecule has 1 aliphatic heterocycles. The van der Waals surface area contributed by atoms with Crippen LogP contribution in [0.25, 0.3) is 0 Å². The third-order valence-electron chi connectivity index (χ3n) is 5.13. The average molecular weight is 416 g/mol. The highest BCUT2D eigenvalue weighted by atomic mass is 32.2. The third-order valence-corrected chi connectivity index (χ3v) is 6.44. The molecule has 0 atom stereocenters. The summed E-state index contributed by atoms with van der Waals surface area (Å²) in [7, 11) is -3.32. The van der Waals surface area contributed by atoms with Crippen molar-refractivity contribution >= 4 is 21.6 Å². The quantitative estimate of drug-likeness (QED) is 0.693. The molecule has 2 aromatic rings. The fraction of sp³-hybridized carbons (Fsp3) is 0.409. The SMILES string of the molecule is CCS(=O)(=O)Nc1ccc(C(=O)NCc2ccc(CN3CCCCC3)cc2)cc1. The number of hydrogen-bond donors (Lipinski definition) is 2. The Morgan fingerprint density at radius 3 is 2.17 bits per heavy atom. The summed E-state index contributed by atoms with van der Waals surface area (Å²) in [5.74, 6) is -0.182. The van der Waals surface area contributed by atoms with Crippen LogP contribution in [0.1, 0.15) is 47.7 Å². The highest BCUT2D eigenvalue weighted by molar-refractivity contribution is 7.92. The van der Waals surface area contributed by atoms with Gasteiger partial charge in [-0.05, 0) is 68.2 Å². The molecular weight excluding hydrogens is 386 g/mol. The Balaban J connectivity index is 1.49. The monoisotopic (exact) mass is 415 g/mol. The van der Waals surface area contributed by atoms with Crippen LogP contribution >= 0.6 is 0 Å². The second kappa shape index (κ2) is 9.89. The van der Waals surface area contributed by atoms with Gasteiger partial charge in [-0.3, -0.25) is 14.4 Å². The number of nitrogens with one attached hydrogen (secondary N) is 2. The van der Waals surface area contributed by atoms with Crippen LogP contribution in [-0.4, -0.2) is 38.1 Å². The second-order valence-electron chi connectivity index (χ2n) is 7.42. The minimum absolute atomic E-state index is 0.00601. The first-order valence-electron chi connectivity index (χ1n) is 10.1. The lowest BCUT2D eigenvalue weighted by Gasteiger charge is -2.26. The number of rotatable bonds is 8. The summed E-state index contributed by atoms with van der Waals surface area (Å²) in [6, 6.07) is 14.8. The molecule has 0 bridgehead atoms. The molecule has 0 unspecified atom stereocenters. The number of anilines is 1. The largest absolute Gasteiger partial charge is 0.348 e.